The summed E-state index contributed by atoms with van der Waals surface area (Å²) in [6.45, 7) is 10.1. The van der Waals surface area contributed by atoms with Crippen LogP contribution >= 0.6 is 24.0 Å². The van der Waals surface area contributed by atoms with Crippen LogP contribution in [0, 0.1) is 10.1 Å². The molecule has 0 spiro atoms. The quantitative estimate of drug-likeness (QED) is 0.194. The number of rotatable bonds is 6. The summed E-state index contributed by atoms with van der Waals surface area (Å²) in [5.41, 5.74) is 0.890. The lowest BCUT2D eigenvalue weighted by Crippen LogP contribution is -2.57. The van der Waals surface area contributed by atoms with Crippen molar-refractivity contribution in [3.8, 4) is 0 Å². The van der Waals surface area contributed by atoms with Gasteiger partial charge in [0.2, 0.25) is 5.91 Å². The number of non-ortho nitro benzene ring substituents is 1. The third kappa shape index (κ3) is 6.76. The van der Waals surface area contributed by atoms with Gasteiger partial charge in [0.05, 0.1) is 17.5 Å². The second-order valence-corrected chi connectivity index (χ2v) is 7.83. The molecule has 0 saturated carbocycles. The number of guanidine groups is 1. The first-order valence-corrected chi connectivity index (χ1v) is 10.8. The smallest absolute Gasteiger partial charge is 0.269 e. The van der Waals surface area contributed by atoms with E-state index in [0.717, 1.165) is 70.2 Å². The fourth-order valence-corrected chi connectivity index (χ4v) is 4.04. The molecule has 0 aromatic heterocycles. The van der Waals surface area contributed by atoms with Crippen LogP contribution in [0.15, 0.2) is 29.3 Å². The molecule has 2 heterocycles. The molecular formula is C21H33IN6O3. The summed E-state index contributed by atoms with van der Waals surface area (Å²) in [7, 11) is 0. The Morgan fingerprint density at radius 2 is 1.84 bits per heavy atom. The summed E-state index contributed by atoms with van der Waals surface area (Å²) in [5, 5.41) is 14.3. The van der Waals surface area contributed by atoms with Crippen LogP contribution in [0.5, 0.6) is 0 Å². The van der Waals surface area contributed by atoms with Crippen molar-refractivity contribution in [2.45, 2.75) is 39.3 Å². The first-order chi connectivity index (χ1) is 14.5. The topological polar surface area (TPSA) is 94.3 Å². The average Bonchev–Trinajstić information content (AvgIpc) is 3.31. The van der Waals surface area contributed by atoms with Gasteiger partial charge in [-0.05, 0) is 32.3 Å². The Bertz CT molecular complexity index is 776. The molecule has 9 nitrogen and oxygen atoms in total. The van der Waals surface area contributed by atoms with Crippen LogP contribution in [0.2, 0.25) is 0 Å². The van der Waals surface area contributed by atoms with Crippen LogP contribution in [0.3, 0.4) is 0 Å². The molecule has 0 radical (unpaired) electrons. The van der Waals surface area contributed by atoms with Crippen molar-refractivity contribution in [1.82, 2.24) is 20.0 Å². The molecule has 1 atom stereocenters. The van der Waals surface area contributed by atoms with Crippen molar-refractivity contribution in [3.63, 3.8) is 0 Å². The minimum atomic E-state index is -0.387. The normalized spacial score (nSPS) is 18.5. The van der Waals surface area contributed by atoms with E-state index in [0.29, 0.717) is 6.54 Å². The van der Waals surface area contributed by atoms with E-state index in [-0.39, 0.29) is 46.5 Å². The third-order valence-electron chi connectivity index (χ3n) is 5.80. The molecule has 2 aliphatic rings. The van der Waals surface area contributed by atoms with Crippen molar-refractivity contribution in [2.24, 2.45) is 4.99 Å². The Morgan fingerprint density at radius 3 is 2.45 bits per heavy atom. The number of carbonyl (C=O) groups excluding carboxylic acids is 1. The first kappa shape index (κ1) is 25.3. The van der Waals surface area contributed by atoms with Gasteiger partial charge >= 0.3 is 0 Å². The summed E-state index contributed by atoms with van der Waals surface area (Å²) in [5.74, 6) is 1.05. The highest BCUT2D eigenvalue weighted by atomic mass is 127. The molecule has 2 aliphatic heterocycles. The lowest BCUT2D eigenvalue weighted by molar-refractivity contribution is -0.384. The van der Waals surface area contributed by atoms with Gasteiger partial charge in [0, 0.05) is 57.9 Å². The second-order valence-electron chi connectivity index (χ2n) is 7.83. The number of nitrogens with zero attached hydrogens (tertiary/aromatic N) is 5. The van der Waals surface area contributed by atoms with Crippen LogP contribution in [-0.4, -0.2) is 83.3 Å². The van der Waals surface area contributed by atoms with Crippen molar-refractivity contribution < 1.29 is 9.72 Å². The summed E-state index contributed by atoms with van der Waals surface area (Å²) < 4.78 is 0. The van der Waals surface area contributed by atoms with Gasteiger partial charge in [0.1, 0.15) is 0 Å². The van der Waals surface area contributed by atoms with Crippen LogP contribution in [-0.2, 0) is 11.3 Å². The lowest BCUT2D eigenvalue weighted by Gasteiger charge is -2.39. The van der Waals surface area contributed by atoms with Crippen molar-refractivity contribution in [2.75, 3.05) is 45.8 Å². The molecule has 2 fully saturated rings. The second kappa shape index (κ2) is 12.2. The molecular weight excluding hydrogens is 511 g/mol. The molecule has 172 valence electrons. The summed E-state index contributed by atoms with van der Waals surface area (Å²) >= 11 is 0. The van der Waals surface area contributed by atoms with Gasteiger partial charge in [-0.25, -0.2) is 4.99 Å². The van der Waals surface area contributed by atoms with Gasteiger partial charge in [-0.15, -0.1) is 24.0 Å². The number of aliphatic imine (C=N–C) groups is 1. The number of nitro groups is 1. The molecule has 1 aromatic carbocycles. The molecule has 3 rings (SSSR count). The number of nitro benzene ring substituents is 1. The van der Waals surface area contributed by atoms with Crippen LogP contribution in [0.1, 0.15) is 32.3 Å². The maximum absolute atomic E-state index is 12.7. The van der Waals surface area contributed by atoms with E-state index in [2.05, 4.69) is 15.1 Å². The van der Waals surface area contributed by atoms with Crippen LogP contribution < -0.4 is 5.32 Å². The standard InChI is InChI=1S/C21H32N6O3.HI/c1-3-22-21(23-16-18-7-6-8-19(15-18)27(29)30)26-13-11-24(12-14-26)17(2)20(28)25-9-4-5-10-25;/h6-8,15,17H,3-5,9-14,16H2,1-2H3,(H,22,23);1H. The molecule has 1 aromatic rings. The Hall–Kier alpha value is -1.95. The zero-order valence-corrected chi connectivity index (χ0v) is 20.7. The van der Waals surface area contributed by atoms with Gasteiger partial charge < -0.3 is 15.1 Å². The summed E-state index contributed by atoms with van der Waals surface area (Å²) in [6.07, 6.45) is 2.22. The van der Waals surface area contributed by atoms with Gasteiger partial charge in [-0.1, -0.05) is 12.1 Å². The summed E-state index contributed by atoms with van der Waals surface area (Å²) in [6, 6.07) is 6.50. The fraction of sp³-hybridized carbons (Fsp3) is 0.619. The Morgan fingerprint density at radius 1 is 1.16 bits per heavy atom. The number of likely N-dealkylation sites (tertiary alicyclic amines) is 1. The first-order valence-electron chi connectivity index (χ1n) is 10.8. The van der Waals surface area contributed by atoms with E-state index in [1.54, 1.807) is 12.1 Å². The molecule has 0 bridgehead atoms. The zero-order chi connectivity index (χ0) is 21.5. The Labute approximate surface area is 201 Å². The third-order valence-corrected chi connectivity index (χ3v) is 5.80. The number of amides is 1. The number of carbonyl (C=O) groups is 1. The van der Waals surface area contributed by atoms with E-state index in [9.17, 15) is 14.9 Å². The lowest BCUT2D eigenvalue weighted by atomic mass is 10.2. The number of hydrogen-bond acceptors (Lipinski definition) is 5. The highest BCUT2D eigenvalue weighted by molar-refractivity contribution is 14.0. The van der Waals surface area contributed by atoms with Gasteiger partial charge in [0.15, 0.2) is 5.96 Å². The van der Waals surface area contributed by atoms with Crippen LogP contribution in [0.25, 0.3) is 0 Å². The van der Waals surface area contributed by atoms with Crippen molar-refractivity contribution in [1.29, 1.82) is 0 Å². The fourth-order valence-electron chi connectivity index (χ4n) is 4.04. The van der Waals surface area contributed by atoms with Gasteiger partial charge in [-0.3, -0.25) is 19.8 Å². The van der Waals surface area contributed by atoms with E-state index in [1.165, 1.54) is 6.07 Å². The molecule has 1 N–H and O–H groups in total. The zero-order valence-electron chi connectivity index (χ0n) is 18.3. The maximum Gasteiger partial charge on any atom is 0.269 e. The predicted molar refractivity (Wildman–Crippen MR) is 132 cm³/mol. The highest BCUT2D eigenvalue weighted by Gasteiger charge is 2.30. The number of hydrogen-bond donors (Lipinski definition) is 1. The van der Waals surface area contributed by atoms with E-state index in [4.69, 9.17) is 4.99 Å². The van der Waals surface area contributed by atoms with Gasteiger partial charge in [-0.2, -0.15) is 0 Å². The van der Waals surface area contributed by atoms with E-state index >= 15 is 0 Å². The molecule has 1 amide bonds. The van der Waals surface area contributed by atoms with Crippen LogP contribution in [0.4, 0.5) is 5.69 Å². The number of halogens is 1. The monoisotopic (exact) mass is 544 g/mol. The van der Waals surface area contributed by atoms with Crippen molar-refractivity contribution in [3.05, 3.63) is 39.9 Å². The molecule has 10 heteroatoms. The minimum Gasteiger partial charge on any atom is -0.357 e. The molecule has 1 unspecified atom stereocenters. The average molecular weight is 544 g/mol. The number of nitrogens with one attached hydrogen (secondary N) is 1. The van der Waals surface area contributed by atoms with E-state index in [1.807, 2.05) is 24.8 Å². The maximum atomic E-state index is 12.7. The van der Waals surface area contributed by atoms with E-state index < -0.39 is 0 Å². The van der Waals surface area contributed by atoms with Crippen molar-refractivity contribution >= 4 is 41.5 Å². The highest BCUT2D eigenvalue weighted by Crippen LogP contribution is 2.16. The summed E-state index contributed by atoms with van der Waals surface area (Å²) in [4.78, 5) is 34.4. The molecule has 2 saturated heterocycles. The largest absolute Gasteiger partial charge is 0.357 e. The Kier molecular flexibility index (Phi) is 9.94. The molecule has 31 heavy (non-hydrogen) atoms. The predicted octanol–water partition coefficient (Wildman–Crippen LogP) is 2.31. The SMILES string of the molecule is CCNC(=NCc1cccc([N+](=O)[O-])c1)N1CCN(C(C)C(=O)N2CCCC2)CC1.I. The molecule has 0 aliphatic carbocycles. The van der Waals surface area contributed by atoms with Gasteiger partial charge in [0.25, 0.3) is 5.69 Å². The number of piperazine rings is 1. The minimum absolute atomic E-state index is 0. The number of benzene rings is 1. The Balaban J connectivity index is 0.00000341.